The van der Waals surface area contributed by atoms with Crippen molar-refractivity contribution in [3.63, 3.8) is 0 Å². The quantitative estimate of drug-likeness (QED) is 0.549. The van der Waals surface area contributed by atoms with Crippen molar-refractivity contribution in [3.05, 3.63) is 38.8 Å². The molecule has 0 unspecified atom stereocenters. The first-order valence-electron chi connectivity index (χ1n) is 6.89. The number of hydrogen-bond donors (Lipinski definition) is 0. The van der Waals surface area contributed by atoms with Crippen LogP contribution in [0.5, 0.6) is 0 Å². The van der Waals surface area contributed by atoms with Crippen molar-refractivity contribution in [1.29, 1.82) is 0 Å². The van der Waals surface area contributed by atoms with Gasteiger partial charge in [-0.3, -0.25) is 9.59 Å². The maximum absolute atomic E-state index is 12.7. The first-order chi connectivity index (χ1) is 9.90. The Morgan fingerprint density at radius 2 is 1.86 bits per heavy atom. The second-order valence-electron chi connectivity index (χ2n) is 5.77. The Morgan fingerprint density at radius 1 is 1.19 bits per heavy atom. The molecule has 1 fully saturated rings. The Morgan fingerprint density at radius 3 is 2.57 bits per heavy atom. The predicted octanol–water partition coefficient (Wildman–Crippen LogP) is 4.26. The summed E-state index contributed by atoms with van der Waals surface area (Å²) < 4.78 is 0.763. The zero-order valence-electron chi connectivity index (χ0n) is 11.8. The van der Waals surface area contributed by atoms with E-state index in [-0.39, 0.29) is 23.7 Å². The number of anilines is 1. The van der Waals surface area contributed by atoms with E-state index in [1.54, 1.807) is 6.07 Å². The summed E-state index contributed by atoms with van der Waals surface area (Å²) in [6.45, 7) is 3.89. The number of fused-ring (bicyclic) bond motifs is 1. The molecule has 1 aliphatic carbocycles. The van der Waals surface area contributed by atoms with Crippen LogP contribution in [0.15, 0.2) is 28.3 Å². The van der Waals surface area contributed by atoms with Gasteiger partial charge in [-0.15, -0.1) is 0 Å². The van der Waals surface area contributed by atoms with E-state index >= 15 is 0 Å². The average molecular weight is 369 g/mol. The lowest BCUT2D eigenvalue weighted by molar-refractivity contribution is -0.122. The molecular weight excluding hydrogens is 354 g/mol. The van der Waals surface area contributed by atoms with Gasteiger partial charge in [0.25, 0.3) is 0 Å². The fourth-order valence-corrected chi connectivity index (χ4v) is 3.77. The second kappa shape index (κ2) is 5.25. The van der Waals surface area contributed by atoms with Crippen molar-refractivity contribution in [1.82, 2.24) is 0 Å². The summed E-state index contributed by atoms with van der Waals surface area (Å²) in [5, 5.41) is 0.500. The van der Waals surface area contributed by atoms with E-state index < -0.39 is 0 Å². The first kappa shape index (κ1) is 14.8. The highest BCUT2D eigenvalue weighted by Crippen LogP contribution is 2.41. The number of benzene rings is 1. The molecule has 2 atom stereocenters. The van der Waals surface area contributed by atoms with Gasteiger partial charge in [0.2, 0.25) is 11.8 Å². The molecule has 1 aromatic carbocycles. The molecule has 0 spiro atoms. The Balaban J connectivity index is 2.03. The third kappa shape index (κ3) is 2.34. The fraction of sp³-hybridized carbons (Fsp3) is 0.375. The summed E-state index contributed by atoms with van der Waals surface area (Å²) >= 11 is 9.49. The lowest BCUT2D eigenvalue weighted by Crippen LogP contribution is -2.31. The lowest BCUT2D eigenvalue weighted by Gasteiger charge is -2.19. The molecule has 21 heavy (non-hydrogen) atoms. The number of amides is 2. The number of hydrogen-bond acceptors (Lipinski definition) is 2. The minimum Gasteiger partial charge on any atom is -0.274 e. The lowest BCUT2D eigenvalue weighted by atomic mass is 9.82. The van der Waals surface area contributed by atoms with Crippen molar-refractivity contribution in [2.24, 2.45) is 11.8 Å². The van der Waals surface area contributed by atoms with Crippen molar-refractivity contribution in [3.8, 4) is 0 Å². The molecule has 5 heteroatoms. The van der Waals surface area contributed by atoms with Gasteiger partial charge in [-0.1, -0.05) is 23.3 Å². The summed E-state index contributed by atoms with van der Waals surface area (Å²) in [4.78, 5) is 26.6. The van der Waals surface area contributed by atoms with Crippen molar-refractivity contribution in [2.45, 2.75) is 26.7 Å². The Bertz CT molecular complexity index is 683. The van der Waals surface area contributed by atoms with Crippen molar-refractivity contribution >= 4 is 45.0 Å². The van der Waals surface area contributed by atoms with Crippen molar-refractivity contribution in [2.75, 3.05) is 4.90 Å². The number of halogens is 2. The Hall–Kier alpha value is -1.13. The third-order valence-electron chi connectivity index (χ3n) is 4.30. The van der Waals surface area contributed by atoms with Gasteiger partial charge in [0, 0.05) is 4.47 Å². The van der Waals surface area contributed by atoms with E-state index in [1.807, 2.05) is 19.9 Å². The predicted molar refractivity (Wildman–Crippen MR) is 86.4 cm³/mol. The molecule has 1 aromatic rings. The van der Waals surface area contributed by atoms with Crippen LogP contribution in [0.25, 0.3) is 0 Å². The van der Waals surface area contributed by atoms with Gasteiger partial charge in [0.05, 0.1) is 22.5 Å². The van der Waals surface area contributed by atoms with Crippen LogP contribution >= 0.6 is 27.5 Å². The standard InChI is InChI=1S/C16H15BrClNO2/c1-8-3-4-10-11(5-8)16(21)19(15(10)20)14-7-13(18)12(17)6-9(14)2/h3,6-7,10-11H,4-5H2,1-2H3/t10-,11+/m0/s1. The molecule has 1 aliphatic heterocycles. The van der Waals surface area contributed by atoms with Gasteiger partial charge in [0.15, 0.2) is 0 Å². The number of nitrogens with zero attached hydrogens (tertiary/aromatic N) is 1. The number of carbonyl (C=O) groups excluding carboxylic acids is 2. The third-order valence-corrected chi connectivity index (χ3v) is 5.50. The molecule has 2 aliphatic rings. The smallest absolute Gasteiger partial charge is 0.238 e. The zero-order chi connectivity index (χ0) is 15.3. The number of aryl methyl sites for hydroxylation is 1. The number of imide groups is 1. The van der Waals surface area contributed by atoms with Crippen LogP contribution in [-0.4, -0.2) is 11.8 Å². The van der Waals surface area contributed by atoms with E-state index in [2.05, 4.69) is 22.0 Å². The highest BCUT2D eigenvalue weighted by Gasteiger charge is 2.49. The molecule has 3 rings (SSSR count). The monoisotopic (exact) mass is 367 g/mol. The molecular formula is C16H15BrClNO2. The Labute approximate surface area is 137 Å². The Kier molecular flexibility index (Phi) is 3.70. The molecule has 0 radical (unpaired) electrons. The van der Waals surface area contributed by atoms with Gasteiger partial charge in [-0.05, 0) is 60.3 Å². The van der Waals surface area contributed by atoms with Gasteiger partial charge in [-0.25, -0.2) is 4.90 Å². The largest absolute Gasteiger partial charge is 0.274 e. The number of carbonyl (C=O) groups is 2. The van der Waals surface area contributed by atoms with E-state index in [0.29, 0.717) is 23.6 Å². The molecule has 110 valence electrons. The van der Waals surface area contributed by atoms with Gasteiger partial charge < -0.3 is 0 Å². The second-order valence-corrected chi connectivity index (χ2v) is 7.03. The van der Waals surface area contributed by atoms with Crippen LogP contribution in [0.2, 0.25) is 5.02 Å². The van der Waals surface area contributed by atoms with Gasteiger partial charge in [-0.2, -0.15) is 0 Å². The average Bonchev–Trinajstić information content (AvgIpc) is 2.66. The summed E-state index contributed by atoms with van der Waals surface area (Å²) in [5.74, 6) is -0.637. The minimum atomic E-state index is -0.219. The number of rotatable bonds is 1. The molecule has 2 amide bonds. The van der Waals surface area contributed by atoms with E-state index in [1.165, 1.54) is 10.5 Å². The van der Waals surface area contributed by atoms with Crippen molar-refractivity contribution < 1.29 is 9.59 Å². The highest BCUT2D eigenvalue weighted by molar-refractivity contribution is 9.10. The highest BCUT2D eigenvalue weighted by atomic mass is 79.9. The van der Waals surface area contributed by atoms with Crippen LogP contribution in [-0.2, 0) is 9.59 Å². The number of allylic oxidation sites excluding steroid dienone is 2. The fourth-order valence-electron chi connectivity index (χ4n) is 3.15. The molecule has 1 saturated heterocycles. The topological polar surface area (TPSA) is 37.4 Å². The molecule has 0 saturated carbocycles. The molecule has 0 bridgehead atoms. The van der Waals surface area contributed by atoms with Crippen LogP contribution < -0.4 is 4.90 Å². The molecule has 1 heterocycles. The summed E-state index contributed by atoms with van der Waals surface area (Å²) in [6, 6.07) is 3.53. The van der Waals surface area contributed by atoms with Crippen LogP contribution in [0.3, 0.4) is 0 Å². The summed E-state index contributed by atoms with van der Waals surface area (Å²) in [7, 11) is 0. The van der Waals surface area contributed by atoms with E-state index in [9.17, 15) is 9.59 Å². The van der Waals surface area contributed by atoms with Crippen LogP contribution in [0.4, 0.5) is 5.69 Å². The normalized spacial score (nSPS) is 25.1. The summed E-state index contributed by atoms with van der Waals surface area (Å²) in [5.41, 5.74) is 2.64. The SMILES string of the molecule is CC1=CC[C@@H]2C(=O)N(c3cc(Cl)c(Br)cc3C)C(=O)[C@@H]2C1. The molecule has 0 N–H and O–H groups in total. The molecule has 0 aromatic heterocycles. The van der Waals surface area contributed by atoms with Crippen LogP contribution in [0.1, 0.15) is 25.3 Å². The first-order valence-corrected chi connectivity index (χ1v) is 8.06. The minimum absolute atomic E-state index is 0.0982. The van der Waals surface area contributed by atoms with E-state index in [4.69, 9.17) is 11.6 Å². The maximum atomic E-state index is 12.7. The zero-order valence-corrected chi connectivity index (χ0v) is 14.2. The van der Waals surface area contributed by atoms with Gasteiger partial charge >= 0.3 is 0 Å². The van der Waals surface area contributed by atoms with Crippen LogP contribution in [0, 0.1) is 18.8 Å². The van der Waals surface area contributed by atoms with Gasteiger partial charge in [0.1, 0.15) is 0 Å². The molecule has 3 nitrogen and oxygen atoms in total. The van der Waals surface area contributed by atoms with E-state index in [0.717, 1.165) is 10.0 Å². The maximum Gasteiger partial charge on any atom is 0.238 e. The summed E-state index contributed by atoms with van der Waals surface area (Å²) in [6.07, 6.45) is 3.40.